The van der Waals surface area contributed by atoms with Gasteiger partial charge in [0.2, 0.25) is 5.88 Å². The molecule has 1 aromatic rings. The van der Waals surface area contributed by atoms with Gasteiger partial charge in [0.05, 0.1) is 10.2 Å². The van der Waals surface area contributed by atoms with Gasteiger partial charge in [-0.1, -0.05) is 0 Å². The van der Waals surface area contributed by atoms with Crippen LogP contribution in [0.4, 0.5) is 0 Å². The summed E-state index contributed by atoms with van der Waals surface area (Å²) in [6.07, 6.45) is 1.73. The van der Waals surface area contributed by atoms with E-state index in [-0.39, 0.29) is 0 Å². The summed E-state index contributed by atoms with van der Waals surface area (Å²) < 4.78 is 6.28. The van der Waals surface area contributed by atoms with E-state index in [1.807, 2.05) is 19.1 Å². The van der Waals surface area contributed by atoms with Crippen molar-refractivity contribution in [3.8, 4) is 5.88 Å². The fourth-order valence-corrected chi connectivity index (χ4v) is 1.12. The highest BCUT2D eigenvalue weighted by atomic mass is 127. The van der Waals surface area contributed by atoms with Crippen LogP contribution in [0.15, 0.2) is 18.3 Å². The second-order valence-electron chi connectivity index (χ2n) is 1.72. The number of hydrogen-bond donors (Lipinski definition) is 0. The Morgan fingerprint density at radius 2 is 2.50 bits per heavy atom. The van der Waals surface area contributed by atoms with Crippen molar-refractivity contribution in [2.45, 2.75) is 6.92 Å². The quantitative estimate of drug-likeness (QED) is 0.748. The molecule has 0 N–H and O–H groups in total. The molecule has 1 rings (SSSR count). The Balaban J connectivity index is 2.81. The molecule has 3 heteroatoms. The van der Waals surface area contributed by atoms with Crippen molar-refractivity contribution in [1.82, 2.24) is 4.98 Å². The zero-order chi connectivity index (χ0) is 7.40. The van der Waals surface area contributed by atoms with Crippen LogP contribution < -0.4 is 4.74 Å². The van der Waals surface area contributed by atoms with Crippen molar-refractivity contribution in [3.63, 3.8) is 0 Å². The van der Waals surface area contributed by atoms with E-state index in [2.05, 4.69) is 27.6 Å². The third-order valence-electron chi connectivity index (χ3n) is 1.01. The average Bonchev–Trinajstić information content (AvgIpc) is 1.94. The van der Waals surface area contributed by atoms with Crippen LogP contribution in [0, 0.1) is 3.57 Å². The summed E-state index contributed by atoms with van der Waals surface area (Å²) in [7, 11) is 0. The largest absolute Gasteiger partial charge is 0.477 e. The molecule has 0 saturated carbocycles. The molecule has 10 heavy (non-hydrogen) atoms. The molecule has 1 aromatic heterocycles. The molecule has 54 valence electrons. The van der Waals surface area contributed by atoms with Crippen LogP contribution in [0.5, 0.6) is 5.88 Å². The Morgan fingerprint density at radius 1 is 1.70 bits per heavy atom. The second-order valence-corrected chi connectivity index (χ2v) is 2.89. The average molecular weight is 249 g/mol. The molecule has 0 bridgehead atoms. The van der Waals surface area contributed by atoms with Crippen LogP contribution in [-0.2, 0) is 0 Å². The summed E-state index contributed by atoms with van der Waals surface area (Å²) in [4.78, 5) is 4.04. The third-order valence-corrected chi connectivity index (χ3v) is 1.83. The molecular formula is C7H8INO. The molecule has 0 unspecified atom stereocenters. The number of aromatic nitrogens is 1. The lowest BCUT2D eigenvalue weighted by atomic mass is 10.5. The molecule has 1 heterocycles. The molecular weight excluding hydrogens is 241 g/mol. The predicted molar refractivity (Wildman–Crippen MR) is 48.1 cm³/mol. The van der Waals surface area contributed by atoms with E-state index in [9.17, 15) is 0 Å². The third kappa shape index (κ3) is 1.83. The van der Waals surface area contributed by atoms with Gasteiger partial charge in [-0.2, -0.15) is 0 Å². The Bertz CT molecular complexity index is 215. The number of pyridine rings is 1. The second kappa shape index (κ2) is 3.75. The minimum atomic E-state index is 0.674. The molecule has 2 nitrogen and oxygen atoms in total. The highest BCUT2D eigenvalue weighted by Crippen LogP contribution is 2.15. The van der Waals surface area contributed by atoms with Crippen molar-refractivity contribution in [3.05, 3.63) is 21.9 Å². The molecule has 0 saturated heterocycles. The first-order chi connectivity index (χ1) is 4.84. The molecule has 0 aliphatic rings. The number of hydrogen-bond acceptors (Lipinski definition) is 2. The van der Waals surface area contributed by atoms with E-state index >= 15 is 0 Å². The fraction of sp³-hybridized carbons (Fsp3) is 0.286. The minimum absolute atomic E-state index is 0.674. The van der Waals surface area contributed by atoms with Gasteiger partial charge in [-0.05, 0) is 41.6 Å². The van der Waals surface area contributed by atoms with Crippen molar-refractivity contribution < 1.29 is 4.74 Å². The van der Waals surface area contributed by atoms with Gasteiger partial charge < -0.3 is 4.74 Å². The van der Waals surface area contributed by atoms with Gasteiger partial charge in [-0.15, -0.1) is 0 Å². The lowest BCUT2D eigenvalue weighted by Gasteiger charge is -2.01. The Hall–Kier alpha value is -0.320. The lowest BCUT2D eigenvalue weighted by molar-refractivity contribution is 0.324. The Labute approximate surface area is 73.8 Å². The highest BCUT2D eigenvalue weighted by Gasteiger charge is 1.96. The van der Waals surface area contributed by atoms with Gasteiger partial charge in [-0.25, -0.2) is 4.98 Å². The van der Waals surface area contributed by atoms with Crippen LogP contribution in [-0.4, -0.2) is 11.6 Å². The normalized spacial score (nSPS) is 9.40. The fourth-order valence-electron chi connectivity index (χ4n) is 0.614. The molecule has 0 spiro atoms. The Kier molecular flexibility index (Phi) is 2.92. The van der Waals surface area contributed by atoms with Crippen LogP contribution in [0.1, 0.15) is 6.92 Å². The zero-order valence-corrected chi connectivity index (χ0v) is 7.83. The molecule has 0 atom stereocenters. The maximum Gasteiger partial charge on any atom is 0.227 e. The lowest BCUT2D eigenvalue weighted by Crippen LogP contribution is -1.95. The van der Waals surface area contributed by atoms with Gasteiger partial charge in [0.15, 0.2) is 0 Å². The van der Waals surface area contributed by atoms with Crippen molar-refractivity contribution >= 4 is 22.6 Å². The van der Waals surface area contributed by atoms with E-state index in [4.69, 9.17) is 4.74 Å². The maximum absolute atomic E-state index is 5.22. The van der Waals surface area contributed by atoms with Crippen LogP contribution in [0.2, 0.25) is 0 Å². The first kappa shape index (κ1) is 7.78. The monoisotopic (exact) mass is 249 g/mol. The molecule has 0 aliphatic carbocycles. The van der Waals surface area contributed by atoms with E-state index in [1.165, 1.54) is 0 Å². The smallest absolute Gasteiger partial charge is 0.227 e. The molecule has 0 radical (unpaired) electrons. The van der Waals surface area contributed by atoms with E-state index in [0.717, 1.165) is 9.45 Å². The molecule has 0 aliphatic heterocycles. The van der Waals surface area contributed by atoms with Crippen molar-refractivity contribution in [2.75, 3.05) is 6.61 Å². The highest BCUT2D eigenvalue weighted by molar-refractivity contribution is 14.1. The summed E-state index contributed by atoms with van der Waals surface area (Å²) in [5.74, 6) is 0.727. The first-order valence-corrected chi connectivity index (χ1v) is 4.15. The standard InChI is InChI=1S/C7H8INO/c1-2-10-7-6(8)4-3-5-9-7/h3-5H,2H2,1H3. The van der Waals surface area contributed by atoms with Gasteiger partial charge >= 0.3 is 0 Å². The van der Waals surface area contributed by atoms with Crippen molar-refractivity contribution in [2.24, 2.45) is 0 Å². The number of halogens is 1. The SMILES string of the molecule is CCOc1ncccc1I. The van der Waals surface area contributed by atoms with Crippen molar-refractivity contribution in [1.29, 1.82) is 0 Å². The minimum Gasteiger partial charge on any atom is -0.477 e. The van der Waals surface area contributed by atoms with E-state index in [0.29, 0.717) is 6.61 Å². The van der Waals surface area contributed by atoms with Crippen LogP contribution >= 0.6 is 22.6 Å². The zero-order valence-electron chi connectivity index (χ0n) is 5.67. The van der Waals surface area contributed by atoms with Gasteiger partial charge in [0.25, 0.3) is 0 Å². The van der Waals surface area contributed by atoms with E-state index in [1.54, 1.807) is 6.20 Å². The van der Waals surface area contributed by atoms with Crippen LogP contribution in [0.3, 0.4) is 0 Å². The molecule has 0 aromatic carbocycles. The van der Waals surface area contributed by atoms with Gasteiger partial charge in [0.1, 0.15) is 0 Å². The van der Waals surface area contributed by atoms with Gasteiger partial charge in [0, 0.05) is 6.20 Å². The van der Waals surface area contributed by atoms with Gasteiger partial charge in [-0.3, -0.25) is 0 Å². The van der Waals surface area contributed by atoms with E-state index < -0.39 is 0 Å². The number of rotatable bonds is 2. The van der Waals surface area contributed by atoms with Crippen LogP contribution in [0.25, 0.3) is 0 Å². The first-order valence-electron chi connectivity index (χ1n) is 3.08. The maximum atomic E-state index is 5.22. The summed E-state index contributed by atoms with van der Waals surface area (Å²) in [6.45, 7) is 2.62. The summed E-state index contributed by atoms with van der Waals surface area (Å²) in [5.41, 5.74) is 0. The summed E-state index contributed by atoms with van der Waals surface area (Å²) in [6, 6.07) is 3.86. The Morgan fingerprint density at radius 3 is 3.10 bits per heavy atom. The molecule has 0 amide bonds. The number of ether oxygens (including phenoxy) is 1. The summed E-state index contributed by atoms with van der Waals surface area (Å²) in [5, 5.41) is 0. The molecule has 0 fully saturated rings. The topological polar surface area (TPSA) is 22.1 Å². The predicted octanol–water partition coefficient (Wildman–Crippen LogP) is 2.08. The number of nitrogens with zero attached hydrogens (tertiary/aromatic N) is 1. The summed E-state index contributed by atoms with van der Waals surface area (Å²) >= 11 is 2.20.